The minimum atomic E-state index is -0.328. The standard InChI is InChI=1S/C25H18BrClN2O4/c1-32-24(31)13-16-4-10-22-21(12-16)29-25(33-22)19-9-8-18(14-20(19)27)28-23(30)11-5-15-2-6-17(26)7-3-15/h2-12,14H,13H2,1H3,(H,28,30)/b11-5+. The molecule has 0 unspecified atom stereocenters. The molecule has 4 aromatic rings. The van der Waals surface area contributed by atoms with Gasteiger partial charge in [-0.05, 0) is 59.7 Å². The first-order chi connectivity index (χ1) is 15.9. The summed E-state index contributed by atoms with van der Waals surface area (Å²) in [5.74, 6) is -0.259. The van der Waals surface area contributed by atoms with Crippen LogP contribution in [0.2, 0.25) is 5.02 Å². The van der Waals surface area contributed by atoms with Crippen LogP contribution in [0.3, 0.4) is 0 Å². The number of carbonyl (C=O) groups excluding carboxylic acids is 2. The van der Waals surface area contributed by atoms with E-state index in [9.17, 15) is 9.59 Å². The summed E-state index contributed by atoms with van der Waals surface area (Å²) in [6.45, 7) is 0. The molecule has 0 radical (unpaired) electrons. The van der Waals surface area contributed by atoms with Gasteiger partial charge in [0.05, 0.1) is 24.1 Å². The second-order valence-corrected chi connectivity index (χ2v) is 8.47. The number of hydrogen-bond acceptors (Lipinski definition) is 5. The number of fused-ring (bicyclic) bond motifs is 1. The number of ether oxygens (including phenoxy) is 1. The molecule has 6 nitrogen and oxygen atoms in total. The Bertz CT molecular complexity index is 1360. The highest BCUT2D eigenvalue weighted by molar-refractivity contribution is 9.10. The SMILES string of the molecule is COC(=O)Cc1ccc2oc(-c3ccc(NC(=O)/C=C/c4ccc(Br)cc4)cc3Cl)nc2c1. The Morgan fingerprint density at radius 1 is 1.12 bits per heavy atom. The Balaban J connectivity index is 1.48. The van der Waals surface area contributed by atoms with E-state index in [-0.39, 0.29) is 18.3 Å². The van der Waals surface area contributed by atoms with Crippen LogP contribution >= 0.6 is 27.5 Å². The largest absolute Gasteiger partial charge is 0.469 e. The average Bonchev–Trinajstić information content (AvgIpc) is 3.21. The van der Waals surface area contributed by atoms with E-state index in [0.717, 1.165) is 15.6 Å². The van der Waals surface area contributed by atoms with Gasteiger partial charge < -0.3 is 14.5 Å². The summed E-state index contributed by atoms with van der Waals surface area (Å²) in [5.41, 5.74) is 4.00. The molecule has 166 valence electrons. The molecule has 1 amide bonds. The van der Waals surface area contributed by atoms with E-state index < -0.39 is 0 Å². The lowest BCUT2D eigenvalue weighted by Gasteiger charge is -2.05. The summed E-state index contributed by atoms with van der Waals surface area (Å²) in [6, 6.07) is 18.0. The highest BCUT2D eigenvalue weighted by Crippen LogP contribution is 2.32. The molecule has 0 bridgehead atoms. The van der Waals surface area contributed by atoms with Crippen molar-refractivity contribution < 1.29 is 18.7 Å². The fraction of sp³-hybridized carbons (Fsp3) is 0.0800. The number of halogens is 2. The van der Waals surface area contributed by atoms with Crippen LogP contribution in [0, 0.1) is 0 Å². The molecule has 0 fully saturated rings. The maximum atomic E-state index is 12.3. The number of amides is 1. The van der Waals surface area contributed by atoms with Gasteiger partial charge in [-0.2, -0.15) is 0 Å². The van der Waals surface area contributed by atoms with Gasteiger partial charge in [0, 0.05) is 16.2 Å². The van der Waals surface area contributed by atoms with Crippen molar-refractivity contribution in [3.05, 3.63) is 87.4 Å². The highest BCUT2D eigenvalue weighted by atomic mass is 79.9. The molecule has 8 heteroatoms. The second kappa shape index (κ2) is 10.0. The summed E-state index contributed by atoms with van der Waals surface area (Å²) < 4.78 is 11.5. The van der Waals surface area contributed by atoms with Gasteiger partial charge in [-0.15, -0.1) is 0 Å². The van der Waals surface area contributed by atoms with Crippen LogP contribution in [-0.4, -0.2) is 24.0 Å². The van der Waals surface area contributed by atoms with Crippen molar-refractivity contribution in [2.75, 3.05) is 12.4 Å². The zero-order valence-corrected chi connectivity index (χ0v) is 19.8. The molecule has 1 N–H and O–H groups in total. The molecular weight excluding hydrogens is 508 g/mol. The number of esters is 1. The molecule has 0 spiro atoms. The molecule has 0 saturated heterocycles. The monoisotopic (exact) mass is 524 g/mol. The molecule has 0 aliphatic heterocycles. The number of benzene rings is 3. The third-order valence-corrected chi connectivity index (χ3v) is 5.63. The molecule has 0 aliphatic carbocycles. The van der Waals surface area contributed by atoms with Gasteiger partial charge in [-0.3, -0.25) is 9.59 Å². The first-order valence-electron chi connectivity index (χ1n) is 9.92. The molecule has 0 atom stereocenters. The number of nitrogens with zero attached hydrogens (tertiary/aromatic N) is 1. The van der Waals surface area contributed by atoms with Crippen LogP contribution in [-0.2, 0) is 20.7 Å². The molecule has 3 aromatic carbocycles. The lowest BCUT2D eigenvalue weighted by molar-refractivity contribution is -0.139. The van der Waals surface area contributed by atoms with Crippen LogP contribution < -0.4 is 5.32 Å². The number of carbonyl (C=O) groups is 2. The maximum Gasteiger partial charge on any atom is 0.309 e. The number of nitrogens with one attached hydrogen (secondary N) is 1. The van der Waals surface area contributed by atoms with E-state index in [1.165, 1.54) is 13.2 Å². The number of anilines is 1. The van der Waals surface area contributed by atoms with Crippen LogP contribution in [0.4, 0.5) is 5.69 Å². The van der Waals surface area contributed by atoms with E-state index in [1.54, 1.807) is 42.5 Å². The predicted molar refractivity (Wildman–Crippen MR) is 132 cm³/mol. The summed E-state index contributed by atoms with van der Waals surface area (Å²) in [7, 11) is 1.35. The van der Waals surface area contributed by atoms with E-state index in [1.807, 2.05) is 24.3 Å². The van der Waals surface area contributed by atoms with Crippen LogP contribution in [0.15, 0.2) is 75.6 Å². The number of hydrogen-bond donors (Lipinski definition) is 1. The zero-order chi connectivity index (χ0) is 23.4. The molecule has 0 saturated carbocycles. The van der Waals surface area contributed by atoms with Crippen molar-refractivity contribution in [1.82, 2.24) is 4.98 Å². The molecule has 0 aliphatic rings. The smallest absolute Gasteiger partial charge is 0.309 e. The van der Waals surface area contributed by atoms with E-state index in [4.69, 9.17) is 20.8 Å². The average molecular weight is 526 g/mol. The van der Waals surface area contributed by atoms with E-state index in [0.29, 0.717) is 33.3 Å². The summed E-state index contributed by atoms with van der Waals surface area (Å²) in [6.07, 6.45) is 3.34. The maximum absolute atomic E-state index is 12.3. The minimum absolute atomic E-state index is 0.153. The Morgan fingerprint density at radius 3 is 2.64 bits per heavy atom. The molecule has 4 rings (SSSR count). The van der Waals surface area contributed by atoms with Crippen LogP contribution in [0.25, 0.3) is 28.6 Å². The van der Waals surface area contributed by atoms with Crippen molar-refractivity contribution in [2.45, 2.75) is 6.42 Å². The predicted octanol–water partition coefficient (Wildman–Crippen LogP) is 6.28. The first kappa shape index (κ1) is 22.8. The lowest BCUT2D eigenvalue weighted by atomic mass is 10.1. The Labute approximate surface area is 203 Å². The summed E-state index contributed by atoms with van der Waals surface area (Å²) in [5, 5.41) is 3.17. The summed E-state index contributed by atoms with van der Waals surface area (Å²) in [4.78, 5) is 28.2. The van der Waals surface area contributed by atoms with Gasteiger partial charge in [0.1, 0.15) is 5.52 Å². The van der Waals surface area contributed by atoms with Crippen molar-refractivity contribution in [1.29, 1.82) is 0 Å². The van der Waals surface area contributed by atoms with E-state index in [2.05, 4.69) is 26.2 Å². The summed E-state index contributed by atoms with van der Waals surface area (Å²) >= 11 is 9.83. The van der Waals surface area contributed by atoms with Gasteiger partial charge >= 0.3 is 5.97 Å². The van der Waals surface area contributed by atoms with Crippen LogP contribution in [0.1, 0.15) is 11.1 Å². The van der Waals surface area contributed by atoms with Crippen molar-refractivity contribution in [2.24, 2.45) is 0 Å². The van der Waals surface area contributed by atoms with Gasteiger partial charge in [-0.1, -0.05) is 45.7 Å². The number of methoxy groups -OCH3 is 1. The molecular formula is C25H18BrClN2O4. The van der Waals surface area contributed by atoms with Gasteiger partial charge in [0.2, 0.25) is 11.8 Å². The van der Waals surface area contributed by atoms with Gasteiger partial charge in [0.15, 0.2) is 5.58 Å². The van der Waals surface area contributed by atoms with Gasteiger partial charge in [-0.25, -0.2) is 4.98 Å². The normalized spacial score (nSPS) is 11.1. The number of oxazole rings is 1. The lowest BCUT2D eigenvalue weighted by Crippen LogP contribution is -2.07. The third kappa shape index (κ3) is 5.69. The number of aromatic nitrogens is 1. The molecule has 33 heavy (non-hydrogen) atoms. The fourth-order valence-electron chi connectivity index (χ4n) is 3.13. The fourth-order valence-corrected chi connectivity index (χ4v) is 3.66. The quantitative estimate of drug-likeness (QED) is 0.237. The zero-order valence-electron chi connectivity index (χ0n) is 17.5. The van der Waals surface area contributed by atoms with Crippen molar-refractivity contribution in [3.8, 4) is 11.5 Å². The molecule has 1 heterocycles. The first-order valence-corrected chi connectivity index (χ1v) is 11.1. The Hall–Kier alpha value is -3.42. The van der Waals surface area contributed by atoms with Crippen molar-refractivity contribution >= 4 is 62.3 Å². The highest BCUT2D eigenvalue weighted by Gasteiger charge is 2.14. The van der Waals surface area contributed by atoms with Gasteiger partial charge in [0.25, 0.3) is 0 Å². The Morgan fingerprint density at radius 2 is 1.91 bits per heavy atom. The third-order valence-electron chi connectivity index (χ3n) is 4.79. The van der Waals surface area contributed by atoms with Crippen LogP contribution in [0.5, 0.6) is 0 Å². The van der Waals surface area contributed by atoms with Crippen molar-refractivity contribution in [3.63, 3.8) is 0 Å². The Kier molecular flexibility index (Phi) is 6.91. The minimum Gasteiger partial charge on any atom is -0.469 e. The van der Waals surface area contributed by atoms with E-state index >= 15 is 0 Å². The molecule has 1 aromatic heterocycles. The topological polar surface area (TPSA) is 81.4 Å². The second-order valence-electron chi connectivity index (χ2n) is 7.14. The number of rotatable bonds is 6.